The second-order valence-electron chi connectivity index (χ2n) is 3.97. The second kappa shape index (κ2) is 17.4. The van der Waals surface area contributed by atoms with Gasteiger partial charge in [-0.25, -0.2) is 0 Å². The largest absolute Gasteiger partial charge is 0.481 e. The van der Waals surface area contributed by atoms with Gasteiger partial charge in [-0.1, -0.05) is 58.3 Å². The Morgan fingerprint density at radius 1 is 0.812 bits per heavy atom. The second-order valence-corrected chi connectivity index (χ2v) is 3.97. The van der Waals surface area contributed by atoms with Crippen molar-refractivity contribution in [3.63, 3.8) is 0 Å². The third-order valence-electron chi connectivity index (χ3n) is 2.49. The molecular weight excluding hydrogens is 247 g/mol. The quantitative estimate of drug-likeness (QED) is 0.578. The van der Waals surface area contributed by atoms with Gasteiger partial charge in [0.25, 0.3) is 0 Å². The molecule has 2 nitrogen and oxygen atoms in total. The molecule has 0 unspecified atom stereocenters. The van der Waals surface area contributed by atoms with E-state index in [1.54, 1.807) is 0 Å². The molecular formula is C12H26Cl2O2. The van der Waals surface area contributed by atoms with Crippen LogP contribution in [0, 0.1) is 0 Å². The van der Waals surface area contributed by atoms with Gasteiger partial charge in [-0.2, -0.15) is 0 Å². The Morgan fingerprint density at radius 3 is 1.56 bits per heavy atom. The van der Waals surface area contributed by atoms with Crippen LogP contribution < -0.4 is 0 Å². The van der Waals surface area contributed by atoms with Crippen molar-refractivity contribution in [2.45, 2.75) is 71.1 Å². The smallest absolute Gasteiger partial charge is 0.303 e. The maximum Gasteiger partial charge on any atom is 0.303 e. The van der Waals surface area contributed by atoms with Crippen LogP contribution in [0.5, 0.6) is 0 Å². The molecule has 0 radical (unpaired) electrons. The average Bonchev–Trinajstić information content (AvgIpc) is 2.15. The number of unbranched alkanes of at least 4 members (excludes halogenated alkanes) is 8. The van der Waals surface area contributed by atoms with E-state index >= 15 is 0 Å². The highest BCUT2D eigenvalue weighted by atomic mass is 35.5. The van der Waals surface area contributed by atoms with Crippen LogP contribution in [0.4, 0.5) is 0 Å². The molecule has 0 saturated carbocycles. The van der Waals surface area contributed by atoms with Crippen LogP contribution in [-0.4, -0.2) is 11.1 Å². The van der Waals surface area contributed by atoms with Gasteiger partial charge in [0.2, 0.25) is 0 Å². The number of aliphatic carboxylic acids is 1. The summed E-state index contributed by atoms with van der Waals surface area (Å²) in [6, 6.07) is 0. The zero-order valence-corrected chi connectivity index (χ0v) is 11.9. The minimum Gasteiger partial charge on any atom is -0.481 e. The number of halogens is 2. The lowest BCUT2D eigenvalue weighted by molar-refractivity contribution is -0.137. The van der Waals surface area contributed by atoms with Crippen LogP contribution in [0.15, 0.2) is 0 Å². The number of hydrogen-bond donors (Lipinski definition) is 1. The summed E-state index contributed by atoms with van der Waals surface area (Å²) in [5.74, 6) is -0.659. The lowest BCUT2D eigenvalue weighted by Gasteiger charge is -2.00. The van der Waals surface area contributed by atoms with Gasteiger partial charge in [-0.3, -0.25) is 4.79 Å². The summed E-state index contributed by atoms with van der Waals surface area (Å²) in [7, 11) is 0. The Bertz CT molecular complexity index is 141. The Morgan fingerprint density at radius 2 is 1.19 bits per heavy atom. The van der Waals surface area contributed by atoms with E-state index in [0.717, 1.165) is 12.8 Å². The maximum absolute atomic E-state index is 10.2. The average molecular weight is 273 g/mol. The van der Waals surface area contributed by atoms with Crippen LogP contribution in [-0.2, 0) is 4.79 Å². The molecule has 0 aliphatic heterocycles. The molecule has 0 aliphatic carbocycles. The van der Waals surface area contributed by atoms with Crippen molar-refractivity contribution in [1.29, 1.82) is 0 Å². The highest BCUT2D eigenvalue weighted by molar-refractivity contribution is 5.85. The van der Waals surface area contributed by atoms with E-state index in [-0.39, 0.29) is 24.8 Å². The number of carboxylic acids is 1. The van der Waals surface area contributed by atoms with E-state index in [1.165, 1.54) is 44.9 Å². The topological polar surface area (TPSA) is 37.3 Å². The lowest BCUT2D eigenvalue weighted by atomic mass is 10.1. The molecule has 0 amide bonds. The first-order valence-corrected chi connectivity index (χ1v) is 5.99. The van der Waals surface area contributed by atoms with E-state index in [1.807, 2.05) is 0 Å². The summed E-state index contributed by atoms with van der Waals surface area (Å²) in [5.41, 5.74) is 0. The van der Waals surface area contributed by atoms with Gasteiger partial charge in [0.15, 0.2) is 0 Å². The molecule has 100 valence electrons. The normalized spacial score (nSPS) is 9.06. The monoisotopic (exact) mass is 272 g/mol. The zero-order valence-electron chi connectivity index (χ0n) is 10.2. The minimum absolute atomic E-state index is 0. The van der Waals surface area contributed by atoms with Gasteiger partial charge in [-0.05, 0) is 6.42 Å². The molecule has 0 bridgehead atoms. The zero-order chi connectivity index (χ0) is 10.6. The van der Waals surface area contributed by atoms with Crippen molar-refractivity contribution >= 4 is 30.8 Å². The Hall–Kier alpha value is 0.0500. The van der Waals surface area contributed by atoms with Crippen molar-refractivity contribution in [1.82, 2.24) is 0 Å². The van der Waals surface area contributed by atoms with E-state index in [4.69, 9.17) is 5.11 Å². The fourth-order valence-electron chi connectivity index (χ4n) is 1.59. The van der Waals surface area contributed by atoms with Crippen molar-refractivity contribution in [2.24, 2.45) is 0 Å². The van der Waals surface area contributed by atoms with Crippen molar-refractivity contribution in [3.05, 3.63) is 0 Å². The number of rotatable bonds is 10. The molecule has 0 saturated heterocycles. The molecule has 0 rings (SSSR count). The summed E-state index contributed by atoms with van der Waals surface area (Å²) in [5, 5.41) is 8.41. The maximum atomic E-state index is 10.2. The van der Waals surface area contributed by atoms with Crippen molar-refractivity contribution in [3.8, 4) is 0 Å². The minimum atomic E-state index is -0.659. The summed E-state index contributed by atoms with van der Waals surface area (Å²) in [4.78, 5) is 10.2. The van der Waals surface area contributed by atoms with Crippen LogP contribution >= 0.6 is 24.8 Å². The molecule has 0 aliphatic rings. The molecule has 0 spiro atoms. The first-order valence-electron chi connectivity index (χ1n) is 5.99. The Balaban J connectivity index is -0.000000845. The van der Waals surface area contributed by atoms with E-state index in [9.17, 15) is 4.79 Å². The lowest BCUT2D eigenvalue weighted by Crippen LogP contribution is -1.93. The summed E-state index contributed by atoms with van der Waals surface area (Å²) in [6.07, 6.45) is 11.5. The molecule has 0 aromatic heterocycles. The number of carboxylic acid groups (broad SMARTS) is 1. The third-order valence-corrected chi connectivity index (χ3v) is 2.49. The molecule has 0 aromatic carbocycles. The van der Waals surface area contributed by atoms with Crippen molar-refractivity contribution < 1.29 is 9.90 Å². The van der Waals surface area contributed by atoms with Crippen LogP contribution in [0.3, 0.4) is 0 Å². The molecule has 1 N–H and O–H groups in total. The predicted octanol–water partition coefficient (Wildman–Crippen LogP) is 4.84. The van der Waals surface area contributed by atoms with Gasteiger partial charge in [0.05, 0.1) is 0 Å². The van der Waals surface area contributed by atoms with Crippen LogP contribution in [0.25, 0.3) is 0 Å². The predicted molar refractivity (Wildman–Crippen MR) is 74.0 cm³/mol. The van der Waals surface area contributed by atoms with Gasteiger partial charge >= 0.3 is 5.97 Å². The highest BCUT2D eigenvalue weighted by Crippen LogP contribution is 2.10. The van der Waals surface area contributed by atoms with Gasteiger partial charge in [0.1, 0.15) is 0 Å². The molecule has 4 heteroatoms. The Kier molecular flexibility index (Phi) is 23.3. The SMILES string of the molecule is CCCCCCCCCCCC(=O)O.Cl.Cl. The van der Waals surface area contributed by atoms with Crippen LogP contribution in [0.1, 0.15) is 71.1 Å². The fourth-order valence-corrected chi connectivity index (χ4v) is 1.59. The molecule has 0 fully saturated rings. The van der Waals surface area contributed by atoms with E-state index in [2.05, 4.69) is 6.92 Å². The molecule has 0 heterocycles. The third kappa shape index (κ3) is 19.6. The van der Waals surface area contributed by atoms with Crippen molar-refractivity contribution in [2.75, 3.05) is 0 Å². The summed E-state index contributed by atoms with van der Waals surface area (Å²) < 4.78 is 0. The van der Waals surface area contributed by atoms with E-state index in [0.29, 0.717) is 6.42 Å². The number of carbonyl (C=O) groups is 1. The molecule has 0 atom stereocenters. The molecule has 16 heavy (non-hydrogen) atoms. The first kappa shape index (κ1) is 21.3. The summed E-state index contributed by atoms with van der Waals surface area (Å²) >= 11 is 0. The summed E-state index contributed by atoms with van der Waals surface area (Å²) in [6.45, 7) is 2.23. The fraction of sp³-hybridized carbons (Fsp3) is 0.917. The van der Waals surface area contributed by atoms with Gasteiger partial charge in [-0.15, -0.1) is 24.8 Å². The number of hydrogen-bond acceptors (Lipinski definition) is 1. The highest BCUT2D eigenvalue weighted by Gasteiger charge is 1.96. The Labute approximate surface area is 112 Å². The van der Waals surface area contributed by atoms with Gasteiger partial charge in [0, 0.05) is 6.42 Å². The first-order chi connectivity index (χ1) is 6.77. The van der Waals surface area contributed by atoms with Gasteiger partial charge < -0.3 is 5.11 Å². The standard InChI is InChI=1S/C12H24O2.2ClH/c1-2-3-4-5-6-7-8-9-10-11-12(13)14;;/h2-11H2,1H3,(H,13,14);2*1H. The molecule has 0 aromatic rings. The van der Waals surface area contributed by atoms with Crippen LogP contribution in [0.2, 0.25) is 0 Å². The van der Waals surface area contributed by atoms with E-state index < -0.39 is 5.97 Å².